The molecule has 0 aliphatic heterocycles. The van der Waals surface area contributed by atoms with E-state index in [-0.39, 0.29) is 12.4 Å². The number of nitrogens with zero attached hydrogens (tertiary/aromatic N) is 2. The molecule has 0 saturated carbocycles. The lowest BCUT2D eigenvalue weighted by Crippen LogP contribution is -2.13. The first kappa shape index (κ1) is 18.6. The van der Waals surface area contributed by atoms with Crippen LogP contribution in [0.1, 0.15) is 30.1 Å². The zero-order valence-corrected chi connectivity index (χ0v) is 15.4. The summed E-state index contributed by atoms with van der Waals surface area (Å²) in [5, 5.41) is 3.23. The van der Waals surface area contributed by atoms with Crippen molar-refractivity contribution in [2.24, 2.45) is 0 Å². The average molecular weight is 361 g/mol. The van der Waals surface area contributed by atoms with E-state index in [1.165, 1.54) is 0 Å². The summed E-state index contributed by atoms with van der Waals surface area (Å²) < 4.78 is 5.69. The van der Waals surface area contributed by atoms with Gasteiger partial charge in [0.2, 0.25) is 11.8 Å². The second kappa shape index (κ2) is 9.48. The van der Waals surface area contributed by atoms with Gasteiger partial charge in [-0.25, -0.2) is 4.98 Å². The zero-order valence-electron chi connectivity index (χ0n) is 15.4. The van der Waals surface area contributed by atoms with E-state index in [4.69, 9.17) is 4.74 Å². The summed E-state index contributed by atoms with van der Waals surface area (Å²) in [5.41, 5.74) is 2.35. The molecule has 0 amide bonds. The van der Waals surface area contributed by atoms with Crippen LogP contribution in [0.5, 0.6) is 5.88 Å². The van der Waals surface area contributed by atoms with Gasteiger partial charge in [-0.3, -0.25) is 4.79 Å². The maximum atomic E-state index is 12.3. The van der Waals surface area contributed by atoms with Crippen LogP contribution in [0.3, 0.4) is 0 Å². The summed E-state index contributed by atoms with van der Waals surface area (Å²) in [4.78, 5) is 21.3. The quantitative estimate of drug-likeness (QED) is 0.445. The lowest BCUT2D eigenvalue weighted by molar-refractivity contribution is 0.0918. The van der Waals surface area contributed by atoms with Gasteiger partial charge in [0.15, 0.2) is 12.4 Å². The molecule has 27 heavy (non-hydrogen) atoms. The lowest BCUT2D eigenvalue weighted by atomic mass is 10.1. The SMILES string of the molecule is CCCCNc1nc(OCC(=O)c2ccccc2)cc(-c2ccccc2)n1. The number of carbonyl (C=O) groups is 1. The molecule has 0 fully saturated rings. The van der Waals surface area contributed by atoms with E-state index in [1.54, 1.807) is 18.2 Å². The lowest BCUT2D eigenvalue weighted by Gasteiger charge is -2.10. The van der Waals surface area contributed by atoms with Crippen LogP contribution in [0.4, 0.5) is 5.95 Å². The van der Waals surface area contributed by atoms with E-state index >= 15 is 0 Å². The Labute approximate surface area is 159 Å². The molecule has 0 radical (unpaired) electrons. The van der Waals surface area contributed by atoms with Crippen molar-refractivity contribution < 1.29 is 9.53 Å². The highest BCUT2D eigenvalue weighted by molar-refractivity contribution is 5.97. The summed E-state index contributed by atoms with van der Waals surface area (Å²) in [6.07, 6.45) is 2.11. The third-order valence-electron chi connectivity index (χ3n) is 4.03. The van der Waals surface area contributed by atoms with Crippen LogP contribution in [-0.4, -0.2) is 28.9 Å². The van der Waals surface area contributed by atoms with Gasteiger partial charge in [-0.1, -0.05) is 74.0 Å². The van der Waals surface area contributed by atoms with Crippen LogP contribution >= 0.6 is 0 Å². The summed E-state index contributed by atoms with van der Waals surface area (Å²) >= 11 is 0. The Bertz CT molecular complexity index is 867. The molecule has 1 N–H and O–H groups in total. The number of ether oxygens (including phenoxy) is 1. The molecule has 0 aliphatic rings. The van der Waals surface area contributed by atoms with Crippen molar-refractivity contribution in [1.29, 1.82) is 0 Å². The molecule has 3 rings (SSSR count). The molecule has 1 aromatic heterocycles. The number of aromatic nitrogens is 2. The van der Waals surface area contributed by atoms with E-state index in [1.807, 2.05) is 48.5 Å². The Kier molecular flexibility index (Phi) is 6.52. The van der Waals surface area contributed by atoms with E-state index in [0.29, 0.717) is 17.4 Å². The standard InChI is InChI=1S/C22H23N3O2/c1-2-3-14-23-22-24-19(17-10-6-4-7-11-17)15-21(25-22)27-16-20(26)18-12-8-5-9-13-18/h4-13,15H,2-3,14,16H2,1H3,(H,23,24,25). The maximum absolute atomic E-state index is 12.3. The third-order valence-corrected chi connectivity index (χ3v) is 4.03. The Morgan fingerprint density at radius 2 is 1.70 bits per heavy atom. The fraction of sp³-hybridized carbons (Fsp3) is 0.227. The van der Waals surface area contributed by atoms with Gasteiger partial charge >= 0.3 is 0 Å². The molecule has 5 heteroatoms. The minimum atomic E-state index is -0.0871. The first-order valence-electron chi connectivity index (χ1n) is 9.15. The Hall–Kier alpha value is -3.21. The average Bonchev–Trinajstić information content (AvgIpc) is 2.73. The number of rotatable bonds is 9. The smallest absolute Gasteiger partial charge is 0.226 e. The first-order valence-corrected chi connectivity index (χ1v) is 9.15. The molecule has 0 atom stereocenters. The van der Waals surface area contributed by atoms with Crippen molar-refractivity contribution in [3.05, 3.63) is 72.3 Å². The minimum absolute atomic E-state index is 0.0658. The molecule has 5 nitrogen and oxygen atoms in total. The molecule has 0 aliphatic carbocycles. The molecular weight excluding hydrogens is 338 g/mol. The van der Waals surface area contributed by atoms with Gasteiger partial charge in [0, 0.05) is 23.7 Å². The molecular formula is C22H23N3O2. The molecule has 1 heterocycles. The first-order chi connectivity index (χ1) is 13.3. The summed E-state index contributed by atoms with van der Waals surface area (Å²) in [6.45, 7) is 2.85. The number of ketones is 1. The Morgan fingerprint density at radius 1 is 1.00 bits per heavy atom. The molecule has 0 spiro atoms. The van der Waals surface area contributed by atoms with E-state index in [0.717, 1.165) is 30.6 Å². The second-order valence-electron chi connectivity index (χ2n) is 6.14. The largest absolute Gasteiger partial charge is 0.469 e. The molecule has 2 aromatic carbocycles. The van der Waals surface area contributed by atoms with Gasteiger partial charge in [-0.2, -0.15) is 4.98 Å². The van der Waals surface area contributed by atoms with Gasteiger partial charge < -0.3 is 10.1 Å². The number of benzene rings is 2. The van der Waals surface area contributed by atoms with E-state index in [9.17, 15) is 4.79 Å². The topological polar surface area (TPSA) is 64.1 Å². The number of nitrogens with one attached hydrogen (secondary N) is 1. The predicted molar refractivity (Wildman–Crippen MR) is 107 cm³/mol. The number of hydrogen-bond acceptors (Lipinski definition) is 5. The number of carbonyl (C=O) groups excluding carboxylic acids is 1. The van der Waals surface area contributed by atoms with Crippen LogP contribution in [-0.2, 0) is 0 Å². The highest BCUT2D eigenvalue weighted by atomic mass is 16.5. The van der Waals surface area contributed by atoms with Gasteiger partial charge in [0.05, 0.1) is 5.69 Å². The zero-order chi connectivity index (χ0) is 18.9. The van der Waals surface area contributed by atoms with Gasteiger partial charge in [0.1, 0.15) is 0 Å². The maximum Gasteiger partial charge on any atom is 0.226 e. The minimum Gasteiger partial charge on any atom is -0.469 e. The Balaban J connectivity index is 1.78. The summed E-state index contributed by atoms with van der Waals surface area (Å²) in [6, 6.07) is 20.7. The van der Waals surface area contributed by atoms with Crippen molar-refractivity contribution >= 4 is 11.7 Å². The monoisotopic (exact) mass is 361 g/mol. The Morgan fingerprint density at radius 3 is 2.41 bits per heavy atom. The number of hydrogen-bond donors (Lipinski definition) is 1. The second-order valence-corrected chi connectivity index (χ2v) is 6.14. The molecule has 138 valence electrons. The normalized spacial score (nSPS) is 10.4. The fourth-order valence-electron chi connectivity index (χ4n) is 2.56. The van der Waals surface area contributed by atoms with Crippen LogP contribution in [0, 0.1) is 0 Å². The van der Waals surface area contributed by atoms with Crippen molar-refractivity contribution in [3.63, 3.8) is 0 Å². The van der Waals surface area contributed by atoms with E-state index < -0.39 is 0 Å². The van der Waals surface area contributed by atoms with Crippen molar-refractivity contribution in [2.75, 3.05) is 18.5 Å². The van der Waals surface area contributed by atoms with Gasteiger partial charge in [-0.15, -0.1) is 0 Å². The fourth-order valence-corrected chi connectivity index (χ4v) is 2.56. The van der Waals surface area contributed by atoms with Crippen LogP contribution in [0.2, 0.25) is 0 Å². The third kappa shape index (κ3) is 5.38. The van der Waals surface area contributed by atoms with Crippen LogP contribution in [0.25, 0.3) is 11.3 Å². The summed E-state index contributed by atoms with van der Waals surface area (Å²) in [7, 11) is 0. The van der Waals surface area contributed by atoms with Gasteiger partial charge in [0.25, 0.3) is 0 Å². The van der Waals surface area contributed by atoms with Crippen molar-refractivity contribution in [3.8, 4) is 17.1 Å². The molecule has 0 saturated heterocycles. The molecule has 0 bridgehead atoms. The van der Waals surface area contributed by atoms with Crippen LogP contribution < -0.4 is 10.1 Å². The van der Waals surface area contributed by atoms with Crippen molar-refractivity contribution in [2.45, 2.75) is 19.8 Å². The number of unbranched alkanes of at least 4 members (excludes halogenated alkanes) is 1. The highest BCUT2D eigenvalue weighted by Gasteiger charge is 2.10. The van der Waals surface area contributed by atoms with Gasteiger partial charge in [-0.05, 0) is 6.42 Å². The van der Waals surface area contributed by atoms with E-state index in [2.05, 4.69) is 22.2 Å². The molecule has 0 unspecified atom stereocenters. The van der Waals surface area contributed by atoms with Crippen molar-refractivity contribution in [1.82, 2.24) is 9.97 Å². The predicted octanol–water partition coefficient (Wildman–Crippen LogP) is 4.62. The number of anilines is 1. The molecule has 3 aromatic rings. The number of Topliss-reactive ketones (excluding diaryl/α,β-unsaturated/α-hetero) is 1. The van der Waals surface area contributed by atoms with Crippen LogP contribution in [0.15, 0.2) is 66.7 Å². The summed E-state index contributed by atoms with van der Waals surface area (Å²) in [5.74, 6) is 0.801. The highest BCUT2D eigenvalue weighted by Crippen LogP contribution is 2.22.